The molecule has 1 N–H and O–H groups in total. The first kappa shape index (κ1) is 22.9. The number of nitrogens with zero attached hydrogens (tertiary/aromatic N) is 3. The molecule has 0 saturated carbocycles. The highest BCUT2D eigenvalue weighted by molar-refractivity contribution is 5.82. The molecule has 0 aliphatic rings. The van der Waals surface area contributed by atoms with Crippen LogP contribution in [0, 0.1) is 29.9 Å². The largest absolute Gasteiger partial charge is 0.444 e. The normalized spacial score (nSPS) is 11.3. The molecule has 1 aromatic heterocycles. The molecular formula is C23H22F2N4O3. The fraction of sp³-hybridized carbons (Fsp3) is 0.304. The van der Waals surface area contributed by atoms with Crippen molar-refractivity contribution in [2.45, 2.75) is 39.7 Å². The number of hydrogen-bond donors (Lipinski definition) is 1. The Morgan fingerprint density at radius 1 is 1.25 bits per heavy atom. The minimum absolute atomic E-state index is 0.0146. The van der Waals surface area contributed by atoms with Gasteiger partial charge < -0.3 is 10.1 Å². The molecule has 0 radical (unpaired) electrons. The van der Waals surface area contributed by atoms with E-state index < -0.39 is 28.9 Å². The van der Waals surface area contributed by atoms with Crippen LogP contribution in [0.1, 0.15) is 37.7 Å². The Hall–Kier alpha value is -3.80. The van der Waals surface area contributed by atoms with Gasteiger partial charge in [-0.1, -0.05) is 6.07 Å². The molecule has 32 heavy (non-hydrogen) atoms. The zero-order valence-electron chi connectivity index (χ0n) is 18.1. The van der Waals surface area contributed by atoms with Crippen LogP contribution in [-0.2, 0) is 11.2 Å². The summed E-state index contributed by atoms with van der Waals surface area (Å²) in [6.07, 6.45) is -0.636. The van der Waals surface area contributed by atoms with Crippen LogP contribution in [-0.4, -0.2) is 27.8 Å². The number of ether oxygens (including phenoxy) is 1. The summed E-state index contributed by atoms with van der Waals surface area (Å²) in [5.41, 5.74) is -0.812. The number of carbonyl (C=O) groups is 1. The standard InChI is InChI=1S/C23H22F2N4O3/c1-13-5-6-17(25)20-19(13)21(30)29(16-10-14(12-26)9-15(24)11-16)18(28-20)7-8-27-22(31)32-23(2,3)4/h5-6,9-11H,7-8H2,1-4H3,(H,27,31). The van der Waals surface area contributed by atoms with E-state index in [-0.39, 0.29) is 40.9 Å². The summed E-state index contributed by atoms with van der Waals surface area (Å²) >= 11 is 0. The molecule has 3 aromatic rings. The Bertz CT molecular complexity index is 1300. The number of nitrogens with one attached hydrogen (secondary N) is 1. The summed E-state index contributed by atoms with van der Waals surface area (Å²) < 4.78 is 34.9. The number of carbonyl (C=O) groups excluding carboxylic acids is 1. The van der Waals surface area contributed by atoms with Crippen LogP contribution in [0.3, 0.4) is 0 Å². The average molecular weight is 440 g/mol. The average Bonchev–Trinajstić information content (AvgIpc) is 2.68. The highest BCUT2D eigenvalue weighted by Gasteiger charge is 2.19. The van der Waals surface area contributed by atoms with E-state index in [0.717, 1.165) is 16.7 Å². The molecule has 0 unspecified atom stereocenters. The number of fused-ring (bicyclic) bond motifs is 1. The van der Waals surface area contributed by atoms with E-state index in [1.807, 2.05) is 6.07 Å². The number of rotatable bonds is 4. The molecule has 0 spiro atoms. The van der Waals surface area contributed by atoms with E-state index in [9.17, 15) is 23.6 Å². The van der Waals surface area contributed by atoms with Crippen LogP contribution in [0.25, 0.3) is 16.6 Å². The SMILES string of the molecule is Cc1ccc(F)c2nc(CCNC(=O)OC(C)(C)C)n(-c3cc(F)cc(C#N)c3)c(=O)c12. The second-order valence-corrected chi connectivity index (χ2v) is 8.25. The minimum Gasteiger partial charge on any atom is -0.444 e. The summed E-state index contributed by atoms with van der Waals surface area (Å²) in [5, 5.41) is 11.8. The lowest BCUT2D eigenvalue weighted by molar-refractivity contribution is 0.0528. The summed E-state index contributed by atoms with van der Waals surface area (Å²) in [5.74, 6) is -1.29. The van der Waals surface area contributed by atoms with Gasteiger partial charge in [0.15, 0.2) is 0 Å². The van der Waals surface area contributed by atoms with Crippen LogP contribution in [0.2, 0.25) is 0 Å². The summed E-state index contributed by atoms with van der Waals surface area (Å²) in [6, 6.07) is 8.00. The van der Waals surface area contributed by atoms with Gasteiger partial charge in [0.1, 0.15) is 28.6 Å². The third-order valence-electron chi connectivity index (χ3n) is 4.54. The summed E-state index contributed by atoms with van der Waals surface area (Å²) in [4.78, 5) is 29.6. The van der Waals surface area contributed by atoms with Crippen molar-refractivity contribution in [2.24, 2.45) is 0 Å². The van der Waals surface area contributed by atoms with E-state index in [1.165, 1.54) is 18.2 Å². The number of aromatic nitrogens is 2. The molecule has 2 aromatic carbocycles. The quantitative estimate of drug-likeness (QED) is 0.664. The number of amides is 1. The Balaban J connectivity index is 2.12. The number of alkyl carbamates (subject to hydrolysis) is 1. The topological polar surface area (TPSA) is 97.0 Å². The van der Waals surface area contributed by atoms with Crippen LogP contribution >= 0.6 is 0 Å². The lowest BCUT2D eigenvalue weighted by atomic mass is 10.1. The molecule has 0 aliphatic carbocycles. The van der Waals surface area contributed by atoms with E-state index in [4.69, 9.17) is 4.74 Å². The smallest absolute Gasteiger partial charge is 0.407 e. The predicted octanol–water partition coefficient (Wildman–Crippen LogP) is 3.91. The highest BCUT2D eigenvalue weighted by Crippen LogP contribution is 2.20. The maximum absolute atomic E-state index is 14.5. The molecule has 0 aliphatic heterocycles. The number of aryl methyl sites for hydroxylation is 1. The fourth-order valence-electron chi connectivity index (χ4n) is 3.25. The van der Waals surface area contributed by atoms with Crippen molar-refractivity contribution in [1.29, 1.82) is 5.26 Å². The number of hydrogen-bond acceptors (Lipinski definition) is 5. The van der Waals surface area contributed by atoms with E-state index in [2.05, 4.69) is 10.3 Å². The van der Waals surface area contributed by atoms with Gasteiger partial charge in [-0.3, -0.25) is 9.36 Å². The van der Waals surface area contributed by atoms with Gasteiger partial charge in [0.2, 0.25) is 0 Å². The van der Waals surface area contributed by atoms with E-state index >= 15 is 0 Å². The van der Waals surface area contributed by atoms with Crippen LogP contribution < -0.4 is 10.9 Å². The first-order valence-corrected chi connectivity index (χ1v) is 9.89. The predicted molar refractivity (Wildman–Crippen MR) is 115 cm³/mol. The van der Waals surface area contributed by atoms with Crippen molar-refractivity contribution in [3.8, 4) is 11.8 Å². The Morgan fingerprint density at radius 2 is 1.97 bits per heavy atom. The maximum Gasteiger partial charge on any atom is 0.407 e. The van der Waals surface area contributed by atoms with Crippen LogP contribution in [0.5, 0.6) is 0 Å². The third kappa shape index (κ3) is 4.91. The molecule has 3 rings (SSSR count). The molecule has 166 valence electrons. The van der Waals surface area contributed by atoms with Crippen molar-refractivity contribution in [3.63, 3.8) is 0 Å². The molecule has 9 heteroatoms. The monoisotopic (exact) mass is 440 g/mol. The second kappa shape index (κ2) is 8.75. The molecule has 0 atom stereocenters. The van der Waals surface area contributed by atoms with Crippen LogP contribution in [0.4, 0.5) is 13.6 Å². The molecule has 7 nitrogen and oxygen atoms in total. The Kier molecular flexibility index (Phi) is 6.25. The maximum atomic E-state index is 14.5. The molecule has 1 amide bonds. The minimum atomic E-state index is -0.708. The Labute approximate surface area is 183 Å². The van der Waals surface area contributed by atoms with Gasteiger partial charge in [-0.2, -0.15) is 5.26 Å². The second-order valence-electron chi connectivity index (χ2n) is 8.25. The van der Waals surface area contributed by atoms with Crippen LogP contribution in [0.15, 0.2) is 35.1 Å². The molecule has 1 heterocycles. The van der Waals surface area contributed by atoms with Gasteiger partial charge in [-0.15, -0.1) is 0 Å². The van der Waals surface area contributed by atoms with Gasteiger partial charge in [-0.05, 0) is 57.5 Å². The van der Waals surface area contributed by atoms with E-state index in [0.29, 0.717) is 5.56 Å². The lowest BCUT2D eigenvalue weighted by Crippen LogP contribution is -2.34. The Morgan fingerprint density at radius 3 is 2.62 bits per heavy atom. The zero-order chi connectivity index (χ0) is 23.6. The van der Waals surface area contributed by atoms with Gasteiger partial charge in [0.25, 0.3) is 5.56 Å². The first-order chi connectivity index (χ1) is 15.0. The van der Waals surface area contributed by atoms with E-state index in [1.54, 1.807) is 27.7 Å². The fourth-order valence-corrected chi connectivity index (χ4v) is 3.25. The van der Waals surface area contributed by atoms with Crippen molar-refractivity contribution in [3.05, 3.63) is 69.3 Å². The van der Waals surface area contributed by atoms with Crippen molar-refractivity contribution >= 4 is 17.0 Å². The number of benzene rings is 2. The van der Waals surface area contributed by atoms with Gasteiger partial charge in [0.05, 0.1) is 22.7 Å². The number of nitriles is 1. The summed E-state index contributed by atoms with van der Waals surface area (Å²) in [6.45, 7) is 6.83. The first-order valence-electron chi connectivity index (χ1n) is 9.89. The highest BCUT2D eigenvalue weighted by atomic mass is 19.1. The van der Waals surface area contributed by atoms with Gasteiger partial charge >= 0.3 is 6.09 Å². The molecule has 0 bridgehead atoms. The lowest BCUT2D eigenvalue weighted by Gasteiger charge is -2.20. The third-order valence-corrected chi connectivity index (χ3v) is 4.54. The van der Waals surface area contributed by atoms with Gasteiger partial charge in [0, 0.05) is 13.0 Å². The molecule has 0 fully saturated rings. The number of halogens is 2. The molecular weight excluding hydrogens is 418 g/mol. The van der Waals surface area contributed by atoms with Crippen molar-refractivity contribution in [1.82, 2.24) is 14.9 Å². The van der Waals surface area contributed by atoms with Gasteiger partial charge in [-0.25, -0.2) is 18.6 Å². The molecule has 0 saturated heterocycles. The van der Waals surface area contributed by atoms with Crippen molar-refractivity contribution in [2.75, 3.05) is 6.54 Å². The van der Waals surface area contributed by atoms with Crippen molar-refractivity contribution < 1.29 is 18.3 Å². The summed E-state index contributed by atoms with van der Waals surface area (Å²) in [7, 11) is 0. The zero-order valence-corrected chi connectivity index (χ0v) is 18.1.